The van der Waals surface area contributed by atoms with E-state index in [1.807, 2.05) is 0 Å². The van der Waals surface area contributed by atoms with Crippen molar-refractivity contribution in [3.63, 3.8) is 0 Å². The zero-order valence-electron chi connectivity index (χ0n) is 17.5. The van der Waals surface area contributed by atoms with E-state index in [-0.39, 0.29) is 34.4 Å². The number of thioether (sulfide) groups is 2. The molecule has 4 heterocycles. The summed E-state index contributed by atoms with van der Waals surface area (Å²) in [5, 5.41) is 23.1. The van der Waals surface area contributed by atoms with Gasteiger partial charge in [0.05, 0.1) is 0 Å². The molecule has 0 radical (unpaired) electrons. The van der Waals surface area contributed by atoms with Crippen LogP contribution in [0.1, 0.15) is 19.2 Å². The van der Waals surface area contributed by atoms with Crippen LogP contribution in [0.15, 0.2) is 26.8 Å². The Bertz CT molecular complexity index is 1140. The number of aliphatic carboxylic acids is 1. The summed E-state index contributed by atoms with van der Waals surface area (Å²) in [7, 11) is 0. The number of oxime groups is 1. The van der Waals surface area contributed by atoms with Crippen LogP contribution in [0.2, 0.25) is 0 Å². The van der Waals surface area contributed by atoms with E-state index >= 15 is 0 Å². The maximum atomic E-state index is 12.9. The van der Waals surface area contributed by atoms with E-state index in [4.69, 9.17) is 15.7 Å². The Morgan fingerprint density at radius 1 is 1.50 bits per heavy atom. The molecular weight excluding hydrogens is 525 g/mol. The van der Waals surface area contributed by atoms with E-state index in [0.717, 1.165) is 21.4 Å². The highest BCUT2D eigenvalue weighted by Gasteiger charge is 2.50. The lowest BCUT2D eigenvalue weighted by atomic mass is 10.1. The van der Waals surface area contributed by atoms with Crippen LogP contribution < -0.4 is 11.1 Å². The van der Waals surface area contributed by atoms with Gasteiger partial charge in [-0.15, -0.1) is 22.0 Å². The number of hydrogen-bond acceptors (Lipinski definition) is 14. The van der Waals surface area contributed by atoms with Gasteiger partial charge in [0.1, 0.15) is 16.9 Å². The minimum absolute atomic E-state index is 0.0959. The zero-order chi connectivity index (χ0) is 24.2. The molecule has 0 aliphatic carbocycles. The Labute approximate surface area is 209 Å². The van der Waals surface area contributed by atoms with Crippen molar-refractivity contribution >= 4 is 75.0 Å². The number of carboxylic acids is 1. The molecule has 2 aliphatic rings. The van der Waals surface area contributed by atoms with Gasteiger partial charge in [0.15, 0.2) is 9.47 Å². The van der Waals surface area contributed by atoms with Gasteiger partial charge in [0.25, 0.3) is 11.8 Å². The molecular formula is C17H18N8O5S4. The third-order valence-electron chi connectivity index (χ3n) is 4.63. The number of carboxylic acid groups (broad SMARTS) is 1. The van der Waals surface area contributed by atoms with Gasteiger partial charge in [-0.05, 0) is 12.0 Å². The minimum atomic E-state index is -1.25. The maximum absolute atomic E-state index is 12.9. The molecule has 2 amide bonds. The molecule has 4 N–H and O–H groups in total. The van der Waals surface area contributed by atoms with E-state index in [1.54, 1.807) is 35.3 Å². The second-order valence-corrected chi connectivity index (χ2v) is 10.9. The lowest BCUT2D eigenvalue weighted by Gasteiger charge is -2.47. The molecule has 2 unspecified atom stereocenters. The van der Waals surface area contributed by atoms with E-state index in [0.29, 0.717) is 11.5 Å². The van der Waals surface area contributed by atoms with Crippen LogP contribution in [0.4, 0.5) is 5.13 Å². The van der Waals surface area contributed by atoms with E-state index in [1.165, 1.54) is 23.1 Å². The number of anilines is 1. The first-order valence-corrected chi connectivity index (χ1v) is 13.5. The molecule has 1 saturated heterocycles. The van der Waals surface area contributed by atoms with Gasteiger partial charge in [-0.25, -0.2) is 4.79 Å². The average molecular weight is 543 g/mol. The first-order chi connectivity index (χ1) is 16.4. The SMILES string of the molecule is CCC(ON=C(C(=O)NC1C(=O)N2C=C(CSc3nncs3)CS[C@@H]12)c1nsc(N)n1)C(=O)O. The van der Waals surface area contributed by atoms with E-state index < -0.39 is 24.0 Å². The number of nitrogens with one attached hydrogen (secondary N) is 1. The lowest BCUT2D eigenvalue weighted by Crippen LogP contribution is -2.69. The summed E-state index contributed by atoms with van der Waals surface area (Å²) >= 11 is 5.38. The van der Waals surface area contributed by atoms with E-state index in [2.05, 4.69) is 30.0 Å². The molecule has 0 spiro atoms. The molecule has 1 fully saturated rings. The van der Waals surface area contributed by atoms with Gasteiger partial charge in [-0.1, -0.05) is 35.2 Å². The summed E-state index contributed by atoms with van der Waals surface area (Å²) in [4.78, 5) is 47.4. The molecule has 3 atom stereocenters. The third-order valence-corrected chi connectivity index (χ3v) is 8.52. The number of carbonyl (C=O) groups excluding carboxylic acids is 2. The molecule has 2 aromatic rings. The summed E-state index contributed by atoms with van der Waals surface area (Å²) in [5.41, 5.74) is 7.98. The molecule has 34 heavy (non-hydrogen) atoms. The zero-order valence-corrected chi connectivity index (χ0v) is 20.7. The Morgan fingerprint density at radius 3 is 2.97 bits per heavy atom. The number of aromatic nitrogens is 4. The van der Waals surface area contributed by atoms with Crippen LogP contribution in [-0.4, -0.2) is 82.1 Å². The third kappa shape index (κ3) is 5.31. The molecule has 0 saturated carbocycles. The first kappa shape index (κ1) is 24.4. The van der Waals surface area contributed by atoms with Crippen LogP contribution in [0.5, 0.6) is 0 Å². The van der Waals surface area contributed by atoms with Gasteiger partial charge in [-0.2, -0.15) is 9.36 Å². The molecule has 180 valence electrons. The van der Waals surface area contributed by atoms with Crippen molar-refractivity contribution in [1.82, 2.24) is 29.8 Å². The highest BCUT2D eigenvalue weighted by Crippen LogP contribution is 2.37. The van der Waals surface area contributed by atoms with Crippen molar-refractivity contribution in [1.29, 1.82) is 0 Å². The number of nitrogen functional groups attached to an aromatic ring is 1. The predicted octanol–water partition coefficient (Wildman–Crippen LogP) is 0.632. The highest BCUT2D eigenvalue weighted by molar-refractivity contribution is 8.01. The topological polar surface area (TPSA) is 186 Å². The van der Waals surface area contributed by atoms with Crippen LogP contribution in [0.3, 0.4) is 0 Å². The van der Waals surface area contributed by atoms with Crippen molar-refractivity contribution in [3.05, 3.63) is 23.1 Å². The number of fused-ring (bicyclic) bond motifs is 1. The number of nitrogens with two attached hydrogens (primary N) is 1. The molecule has 13 nitrogen and oxygen atoms in total. The van der Waals surface area contributed by atoms with Crippen LogP contribution in [0.25, 0.3) is 0 Å². The molecule has 2 aromatic heterocycles. The Morgan fingerprint density at radius 2 is 2.32 bits per heavy atom. The highest BCUT2D eigenvalue weighted by atomic mass is 32.2. The number of amides is 2. The normalized spacial score (nSPS) is 20.7. The predicted molar refractivity (Wildman–Crippen MR) is 127 cm³/mol. The van der Waals surface area contributed by atoms with Crippen LogP contribution >= 0.6 is 46.4 Å². The number of hydrogen-bond donors (Lipinski definition) is 3. The minimum Gasteiger partial charge on any atom is -0.478 e. The molecule has 17 heteroatoms. The van der Waals surface area contributed by atoms with Gasteiger partial charge in [0.2, 0.25) is 17.6 Å². The van der Waals surface area contributed by atoms with Crippen LogP contribution in [0, 0.1) is 0 Å². The number of β-lactam (4-membered cyclic amide) rings is 1. The summed E-state index contributed by atoms with van der Waals surface area (Å²) < 4.78 is 4.81. The average Bonchev–Trinajstić information content (AvgIpc) is 3.50. The standard InChI is InChI=1S/C17H18N8O5S4/c1-2-8(15(28)29)30-23-9(11-21-16(18)34-24-11)12(26)20-10-13(27)25-3-7(4-31-14(10)25)5-32-17-22-19-6-33-17/h3,6,8,10,14H,2,4-5H2,1H3,(H,20,26)(H,28,29)(H2,18,21,24)/t8?,10?,14-/m0/s1. The summed E-state index contributed by atoms with van der Waals surface area (Å²) in [6.45, 7) is 1.60. The summed E-state index contributed by atoms with van der Waals surface area (Å²) in [5.74, 6) is -1.01. The number of nitrogens with zero attached hydrogens (tertiary/aromatic N) is 6. The fourth-order valence-corrected chi connectivity index (χ4v) is 6.23. The smallest absolute Gasteiger partial charge is 0.347 e. The molecule has 2 aliphatic heterocycles. The number of carbonyl (C=O) groups is 3. The summed E-state index contributed by atoms with van der Waals surface area (Å²) in [6, 6.07) is -0.784. The maximum Gasteiger partial charge on any atom is 0.347 e. The fourth-order valence-electron chi connectivity index (χ4n) is 2.95. The van der Waals surface area contributed by atoms with Gasteiger partial charge < -0.3 is 25.9 Å². The van der Waals surface area contributed by atoms with Crippen molar-refractivity contribution in [3.8, 4) is 0 Å². The Kier molecular flexibility index (Phi) is 7.64. The van der Waals surface area contributed by atoms with Crippen molar-refractivity contribution in [2.24, 2.45) is 5.16 Å². The van der Waals surface area contributed by atoms with Gasteiger partial charge in [-0.3, -0.25) is 9.59 Å². The molecule has 0 aromatic carbocycles. The van der Waals surface area contributed by atoms with Crippen LogP contribution in [-0.2, 0) is 19.2 Å². The van der Waals surface area contributed by atoms with Gasteiger partial charge in [0, 0.05) is 29.2 Å². The first-order valence-electron chi connectivity index (χ1n) is 9.76. The molecule has 0 bridgehead atoms. The second kappa shape index (κ2) is 10.7. The van der Waals surface area contributed by atoms with Gasteiger partial charge >= 0.3 is 5.97 Å². The monoisotopic (exact) mass is 542 g/mol. The van der Waals surface area contributed by atoms with E-state index in [9.17, 15) is 14.4 Å². The second-order valence-electron chi connectivity index (χ2n) is 6.92. The lowest BCUT2D eigenvalue weighted by molar-refractivity contribution is -0.150. The fraction of sp³-hybridized carbons (Fsp3) is 0.412. The van der Waals surface area contributed by atoms with Crippen molar-refractivity contribution in [2.75, 3.05) is 17.2 Å². The van der Waals surface area contributed by atoms with Crippen molar-refractivity contribution < 1.29 is 24.3 Å². The molecule has 4 rings (SSSR count). The van der Waals surface area contributed by atoms with Crippen molar-refractivity contribution in [2.45, 2.75) is 35.2 Å². The number of rotatable bonds is 10. The summed E-state index contributed by atoms with van der Waals surface area (Å²) in [6.07, 6.45) is 0.677. The Hall–Kier alpha value is -2.76. The Balaban J connectivity index is 1.42. The quantitative estimate of drug-likeness (QED) is 0.165. The largest absolute Gasteiger partial charge is 0.478 e.